The molecule has 0 aromatic heterocycles. The second-order valence-electron chi connectivity index (χ2n) is 5.44. The highest BCUT2D eigenvalue weighted by molar-refractivity contribution is 5.93. The quantitative estimate of drug-likeness (QED) is 0.730. The lowest BCUT2D eigenvalue weighted by Crippen LogP contribution is -2.57. The molecule has 3 aliphatic heterocycles. The predicted molar refractivity (Wildman–Crippen MR) is 78.1 cm³/mol. The van der Waals surface area contributed by atoms with E-state index in [1.165, 1.54) is 12.8 Å². The number of hydrogen-bond acceptors (Lipinski definition) is 3. The van der Waals surface area contributed by atoms with E-state index in [2.05, 4.69) is 25.3 Å². The van der Waals surface area contributed by atoms with E-state index in [-0.39, 0.29) is 5.91 Å². The monoisotopic (exact) mass is 268 g/mol. The summed E-state index contributed by atoms with van der Waals surface area (Å²) in [6.07, 6.45) is 3.22. The molecular formula is C15H28N2O2. The van der Waals surface area contributed by atoms with Gasteiger partial charge in [0.25, 0.3) is 0 Å². The SMILES string of the molecule is C=C(CN1CC2CC(C1)O2)C(=O)N(C)CC.CCC. The smallest absolute Gasteiger partial charge is 0.250 e. The zero-order valence-electron chi connectivity index (χ0n) is 12.8. The van der Waals surface area contributed by atoms with Crippen LogP contribution in [0.25, 0.3) is 0 Å². The third kappa shape index (κ3) is 4.62. The molecular weight excluding hydrogens is 240 g/mol. The van der Waals surface area contributed by atoms with Crippen LogP contribution >= 0.6 is 0 Å². The summed E-state index contributed by atoms with van der Waals surface area (Å²) in [4.78, 5) is 15.8. The molecule has 0 N–H and O–H groups in total. The van der Waals surface area contributed by atoms with Gasteiger partial charge < -0.3 is 9.64 Å². The largest absolute Gasteiger partial charge is 0.372 e. The van der Waals surface area contributed by atoms with E-state index < -0.39 is 0 Å². The van der Waals surface area contributed by atoms with Gasteiger partial charge in [-0.3, -0.25) is 9.69 Å². The van der Waals surface area contributed by atoms with Crippen LogP contribution in [0.4, 0.5) is 0 Å². The van der Waals surface area contributed by atoms with Gasteiger partial charge in [-0.1, -0.05) is 26.8 Å². The van der Waals surface area contributed by atoms with Crippen molar-refractivity contribution in [1.29, 1.82) is 0 Å². The maximum atomic E-state index is 11.8. The molecule has 0 aromatic carbocycles. The lowest BCUT2D eigenvalue weighted by Gasteiger charge is -2.47. The topological polar surface area (TPSA) is 32.8 Å². The van der Waals surface area contributed by atoms with Gasteiger partial charge in [0, 0.05) is 45.2 Å². The lowest BCUT2D eigenvalue weighted by atomic mass is 9.98. The molecule has 4 nitrogen and oxygen atoms in total. The molecule has 0 spiro atoms. The van der Waals surface area contributed by atoms with E-state index in [0.29, 0.717) is 24.3 Å². The Morgan fingerprint density at radius 1 is 1.32 bits per heavy atom. The van der Waals surface area contributed by atoms with Crippen molar-refractivity contribution in [2.24, 2.45) is 0 Å². The maximum Gasteiger partial charge on any atom is 0.250 e. The Morgan fingerprint density at radius 2 is 1.79 bits per heavy atom. The number of amides is 1. The fourth-order valence-corrected chi connectivity index (χ4v) is 2.32. The molecule has 0 aromatic rings. The Bertz CT molecular complexity index is 301. The van der Waals surface area contributed by atoms with Crippen molar-refractivity contribution in [3.8, 4) is 0 Å². The normalized spacial score (nSPS) is 24.8. The molecule has 2 atom stereocenters. The van der Waals surface area contributed by atoms with Crippen LogP contribution in [-0.2, 0) is 9.53 Å². The van der Waals surface area contributed by atoms with Crippen LogP contribution in [0, 0.1) is 0 Å². The first kappa shape index (κ1) is 16.2. The first-order valence-electron chi connectivity index (χ1n) is 7.32. The van der Waals surface area contributed by atoms with E-state index in [1.54, 1.807) is 4.90 Å². The Kier molecular flexibility index (Phi) is 6.52. The highest BCUT2D eigenvalue weighted by atomic mass is 16.5. The number of ether oxygens (including phenoxy) is 1. The van der Waals surface area contributed by atoms with Crippen LogP contribution in [0.1, 0.15) is 33.6 Å². The number of carbonyl (C=O) groups is 1. The molecule has 0 radical (unpaired) electrons. The summed E-state index contributed by atoms with van der Waals surface area (Å²) in [5.74, 6) is 0.0580. The van der Waals surface area contributed by atoms with Crippen LogP contribution in [0.5, 0.6) is 0 Å². The lowest BCUT2D eigenvalue weighted by molar-refractivity contribution is -0.179. The van der Waals surface area contributed by atoms with Crippen LogP contribution in [0.3, 0.4) is 0 Å². The average Bonchev–Trinajstić information content (AvgIpc) is 2.37. The van der Waals surface area contributed by atoms with E-state index in [0.717, 1.165) is 19.6 Å². The zero-order valence-corrected chi connectivity index (χ0v) is 12.8. The van der Waals surface area contributed by atoms with Gasteiger partial charge in [-0.2, -0.15) is 0 Å². The first-order valence-corrected chi connectivity index (χ1v) is 7.32. The van der Waals surface area contributed by atoms with Crippen molar-refractivity contribution in [2.45, 2.75) is 45.8 Å². The van der Waals surface area contributed by atoms with Crippen molar-refractivity contribution in [1.82, 2.24) is 9.80 Å². The standard InChI is InChI=1S/C12H20N2O2.C3H8/c1-4-13(3)12(15)9(2)6-14-7-10-5-11(8-14)16-10;1-3-2/h10-11H,2,4-8H2,1,3H3;3H2,1-2H3. The Labute approximate surface area is 117 Å². The molecule has 19 heavy (non-hydrogen) atoms. The minimum Gasteiger partial charge on any atom is -0.372 e. The maximum absolute atomic E-state index is 11.8. The molecule has 3 fully saturated rings. The molecule has 2 bridgehead atoms. The number of piperidine rings is 1. The minimum absolute atomic E-state index is 0.0580. The third-order valence-corrected chi connectivity index (χ3v) is 3.37. The summed E-state index contributed by atoms with van der Waals surface area (Å²) in [7, 11) is 1.81. The number of nitrogens with zero attached hydrogens (tertiary/aromatic N) is 2. The second kappa shape index (κ2) is 7.65. The van der Waals surface area contributed by atoms with Gasteiger partial charge in [0.2, 0.25) is 5.91 Å². The molecule has 110 valence electrons. The molecule has 3 heterocycles. The van der Waals surface area contributed by atoms with Gasteiger partial charge in [-0.15, -0.1) is 0 Å². The zero-order chi connectivity index (χ0) is 14.4. The third-order valence-electron chi connectivity index (χ3n) is 3.37. The van der Waals surface area contributed by atoms with E-state index in [9.17, 15) is 4.79 Å². The number of hydrogen-bond donors (Lipinski definition) is 0. The van der Waals surface area contributed by atoms with Gasteiger partial charge in [0.05, 0.1) is 12.2 Å². The number of likely N-dealkylation sites (N-methyl/N-ethyl adjacent to an activating group) is 1. The fourth-order valence-electron chi connectivity index (χ4n) is 2.32. The first-order chi connectivity index (χ1) is 9.01. The molecule has 0 saturated carbocycles. The summed E-state index contributed by atoms with van der Waals surface area (Å²) in [6, 6.07) is 0. The molecule has 4 heteroatoms. The molecule has 0 aliphatic carbocycles. The molecule has 3 rings (SSSR count). The van der Waals surface area contributed by atoms with Crippen LogP contribution in [0.2, 0.25) is 0 Å². The molecule has 3 aliphatic rings. The van der Waals surface area contributed by atoms with Gasteiger partial charge in [0.1, 0.15) is 0 Å². The minimum atomic E-state index is 0.0580. The average molecular weight is 268 g/mol. The Morgan fingerprint density at radius 3 is 2.21 bits per heavy atom. The highest BCUT2D eigenvalue weighted by Crippen LogP contribution is 2.28. The van der Waals surface area contributed by atoms with E-state index in [4.69, 9.17) is 4.74 Å². The predicted octanol–water partition coefficient (Wildman–Crippen LogP) is 1.91. The summed E-state index contributed by atoms with van der Waals surface area (Å²) < 4.78 is 5.55. The molecule has 2 unspecified atom stereocenters. The van der Waals surface area contributed by atoms with Crippen LogP contribution < -0.4 is 0 Å². The highest BCUT2D eigenvalue weighted by Gasteiger charge is 2.38. The fraction of sp³-hybridized carbons (Fsp3) is 0.800. The van der Waals surface area contributed by atoms with Crippen molar-refractivity contribution < 1.29 is 9.53 Å². The van der Waals surface area contributed by atoms with Crippen molar-refractivity contribution in [3.63, 3.8) is 0 Å². The van der Waals surface area contributed by atoms with Gasteiger partial charge >= 0.3 is 0 Å². The number of carbonyl (C=O) groups excluding carboxylic acids is 1. The van der Waals surface area contributed by atoms with Crippen LogP contribution in [0.15, 0.2) is 12.2 Å². The number of fused-ring (bicyclic) bond motifs is 2. The summed E-state index contributed by atoms with van der Waals surface area (Å²) >= 11 is 0. The summed E-state index contributed by atoms with van der Waals surface area (Å²) in [5, 5.41) is 0. The van der Waals surface area contributed by atoms with Crippen LogP contribution in [-0.4, -0.2) is 61.1 Å². The van der Waals surface area contributed by atoms with Crippen molar-refractivity contribution in [2.75, 3.05) is 33.2 Å². The van der Waals surface area contributed by atoms with Gasteiger partial charge in [-0.25, -0.2) is 0 Å². The number of rotatable bonds is 4. The van der Waals surface area contributed by atoms with Gasteiger partial charge in [0.15, 0.2) is 0 Å². The number of morpholine rings is 1. The second-order valence-corrected chi connectivity index (χ2v) is 5.44. The summed E-state index contributed by atoms with van der Waals surface area (Å²) in [6.45, 7) is 13.4. The van der Waals surface area contributed by atoms with E-state index >= 15 is 0 Å². The van der Waals surface area contributed by atoms with Gasteiger partial charge in [-0.05, 0) is 6.92 Å². The summed E-state index contributed by atoms with van der Waals surface area (Å²) in [5.41, 5.74) is 0.686. The van der Waals surface area contributed by atoms with Crippen molar-refractivity contribution in [3.05, 3.63) is 12.2 Å². The Balaban J connectivity index is 0.000000550. The molecule has 3 saturated heterocycles. The molecule has 1 amide bonds. The van der Waals surface area contributed by atoms with Crippen molar-refractivity contribution >= 4 is 5.91 Å². The van der Waals surface area contributed by atoms with E-state index in [1.807, 2.05) is 14.0 Å². The Hall–Kier alpha value is -0.870.